The summed E-state index contributed by atoms with van der Waals surface area (Å²) in [6.45, 7) is 4.21. The highest BCUT2D eigenvalue weighted by atomic mass is 32.1. The second kappa shape index (κ2) is 5.79. The van der Waals surface area contributed by atoms with Crippen molar-refractivity contribution in [2.45, 2.75) is 19.8 Å². The molecule has 2 rings (SSSR count). The Labute approximate surface area is 114 Å². The van der Waals surface area contributed by atoms with E-state index in [9.17, 15) is 9.59 Å². The van der Waals surface area contributed by atoms with Gasteiger partial charge in [-0.1, -0.05) is 6.92 Å². The van der Waals surface area contributed by atoms with E-state index in [0.29, 0.717) is 6.54 Å². The molecule has 2 N–H and O–H groups in total. The van der Waals surface area contributed by atoms with Crippen molar-refractivity contribution < 1.29 is 4.79 Å². The molecule has 0 spiro atoms. The number of carbonyl (C=O) groups is 1. The quantitative estimate of drug-likeness (QED) is 0.892. The Morgan fingerprint density at radius 2 is 2.37 bits per heavy atom. The highest BCUT2D eigenvalue weighted by Gasteiger charge is 2.13. The monoisotopic (exact) mass is 277 g/mol. The van der Waals surface area contributed by atoms with Gasteiger partial charge in [0.1, 0.15) is 5.56 Å². The number of rotatable bonds is 4. The summed E-state index contributed by atoms with van der Waals surface area (Å²) in [7, 11) is 0. The average Bonchev–Trinajstić information content (AvgIpc) is 2.89. The van der Waals surface area contributed by atoms with Crippen LogP contribution in [0.3, 0.4) is 0 Å². The lowest BCUT2D eigenvalue weighted by atomic mass is 10.2. The van der Waals surface area contributed by atoms with Gasteiger partial charge in [0.2, 0.25) is 0 Å². The van der Waals surface area contributed by atoms with E-state index in [1.165, 1.54) is 12.3 Å². The number of pyridine rings is 1. The number of aromatic amines is 1. The van der Waals surface area contributed by atoms with Gasteiger partial charge < -0.3 is 10.3 Å². The van der Waals surface area contributed by atoms with Crippen LogP contribution >= 0.6 is 11.3 Å². The highest BCUT2D eigenvalue weighted by molar-refractivity contribution is 7.09. The molecule has 19 heavy (non-hydrogen) atoms. The third-order valence-corrected chi connectivity index (χ3v) is 3.75. The lowest BCUT2D eigenvalue weighted by Crippen LogP contribution is -2.31. The van der Waals surface area contributed by atoms with Crippen LogP contribution in [0.25, 0.3) is 0 Å². The van der Waals surface area contributed by atoms with E-state index in [2.05, 4.69) is 15.3 Å². The number of nitrogens with one attached hydrogen (secondary N) is 2. The summed E-state index contributed by atoms with van der Waals surface area (Å²) in [4.78, 5) is 30.6. The van der Waals surface area contributed by atoms with Crippen molar-refractivity contribution in [2.24, 2.45) is 0 Å². The van der Waals surface area contributed by atoms with Gasteiger partial charge in [-0.05, 0) is 6.92 Å². The molecule has 0 aromatic carbocycles. The van der Waals surface area contributed by atoms with Crippen LogP contribution in [0.1, 0.15) is 33.9 Å². The number of amides is 1. The largest absolute Gasteiger partial charge is 0.364 e. The number of aromatic nitrogens is 2. The Morgan fingerprint density at radius 3 is 3.00 bits per heavy atom. The minimum absolute atomic E-state index is 0.133. The lowest BCUT2D eigenvalue weighted by Gasteiger charge is -2.09. The molecule has 1 unspecified atom stereocenters. The van der Waals surface area contributed by atoms with Crippen LogP contribution in [0.4, 0.5) is 0 Å². The molecule has 0 fully saturated rings. The van der Waals surface area contributed by atoms with Crippen molar-refractivity contribution >= 4 is 17.2 Å². The van der Waals surface area contributed by atoms with Gasteiger partial charge in [0.05, 0.1) is 5.01 Å². The predicted molar refractivity (Wildman–Crippen MR) is 74.7 cm³/mol. The maximum absolute atomic E-state index is 11.9. The molecule has 0 bridgehead atoms. The van der Waals surface area contributed by atoms with Crippen LogP contribution < -0.4 is 10.7 Å². The van der Waals surface area contributed by atoms with Gasteiger partial charge in [-0.25, -0.2) is 4.98 Å². The summed E-state index contributed by atoms with van der Waals surface area (Å²) in [6.07, 6.45) is 3.18. The van der Waals surface area contributed by atoms with Gasteiger partial charge >= 0.3 is 0 Å². The van der Waals surface area contributed by atoms with Gasteiger partial charge in [-0.15, -0.1) is 11.3 Å². The molecule has 0 radical (unpaired) electrons. The van der Waals surface area contributed by atoms with E-state index in [0.717, 1.165) is 10.7 Å². The van der Waals surface area contributed by atoms with E-state index < -0.39 is 0 Å². The SMILES string of the molecule is Cc1cc(=O)c(C(=O)NCC(C)c2nccs2)c[nH]1. The first-order valence-corrected chi connectivity index (χ1v) is 6.83. The molecule has 0 aliphatic rings. The third-order valence-electron chi connectivity index (χ3n) is 2.74. The Bertz CT molecular complexity index is 619. The number of hydrogen-bond acceptors (Lipinski definition) is 4. The zero-order valence-electron chi connectivity index (χ0n) is 10.8. The number of thiazole rings is 1. The topological polar surface area (TPSA) is 74.8 Å². The summed E-state index contributed by atoms with van der Waals surface area (Å²) >= 11 is 1.55. The van der Waals surface area contributed by atoms with Gasteiger partial charge in [-0.3, -0.25) is 9.59 Å². The highest BCUT2D eigenvalue weighted by Crippen LogP contribution is 2.16. The number of hydrogen-bond donors (Lipinski definition) is 2. The molecule has 2 aromatic heterocycles. The fourth-order valence-corrected chi connectivity index (χ4v) is 2.36. The lowest BCUT2D eigenvalue weighted by molar-refractivity contribution is 0.0950. The first kappa shape index (κ1) is 13.5. The third kappa shape index (κ3) is 3.29. The normalized spacial score (nSPS) is 12.1. The molecule has 5 nitrogen and oxygen atoms in total. The van der Waals surface area contributed by atoms with Crippen molar-refractivity contribution in [3.63, 3.8) is 0 Å². The van der Waals surface area contributed by atoms with Crippen molar-refractivity contribution in [1.29, 1.82) is 0 Å². The first-order valence-electron chi connectivity index (χ1n) is 5.95. The van der Waals surface area contributed by atoms with E-state index >= 15 is 0 Å². The average molecular weight is 277 g/mol. The first-order chi connectivity index (χ1) is 9.08. The van der Waals surface area contributed by atoms with Crippen LogP contribution in [0.5, 0.6) is 0 Å². The van der Waals surface area contributed by atoms with E-state index in [-0.39, 0.29) is 22.8 Å². The zero-order chi connectivity index (χ0) is 13.8. The fraction of sp³-hybridized carbons (Fsp3) is 0.308. The van der Waals surface area contributed by atoms with E-state index in [1.54, 1.807) is 24.5 Å². The van der Waals surface area contributed by atoms with E-state index in [4.69, 9.17) is 0 Å². The molecular formula is C13H15N3O2S. The molecule has 2 aromatic rings. The smallest absolute Gasteiger partial charge is 0.256 e. The van der Waals surface area contributed by atoms with Gasteiger partial charge in [-0.2, -0.15) is 0 Å². The Hall–Kier alpha value is -1.95. The summed E-state index contributed by atoms with van der Waals surface area (Å²) in [5, 5.41) is 5.63. The van der Waals surface area contributed by atoms with Crippen LogP contribution in [0.2, 0.25) is 0 Å². The fourth-order valence-electron chi connectivity index (χ4n) is 1.66. The molecular weight excluding hydrogens is 262 g/mol. The Morgan fingerprint density at radius 1 is 1.58 bits per heavy atom. The standard InChI is InChI=1S/C13H15N3O2S/c1-8(13-14-3-4-19-13)6-16-12(18)10-7-15-9(2)5-11(10)17/h3-5,7-8H,6H2,1-2H3,(H,15,17)(H,16,18). The van der Waals surface area contributed by atoms with Crippen molar-refractivity contribution in [1.82, 2.24) is 15.3 Å². The molecule has 0 saturated heterocycles. The Balaban J connectivity index is 2.00. The summed E-state index contributed by atoms with van der Waals surface area (Å²) in [5.41, 5.74) is 0.602. The van der Waals surface area contributed by atoms with Crippen LogP contribution in [0, 0.1) is 6.92 Å². The zero-order valence-corrected chi connectivity index (χ0v) is 11.6. The predicted octanol–water partition coefficient (Wildman–Crippen LogP) is 1.67. The number of nitrogens with zero attached hydrogens (tertiary/aromatic N) is 1. The van der Waals surface area contributed by atoms with Crippen molar-refractivity contribution in [3.05, 3.63) is 50.3 Å². The molecule has 6 heteroatoms. The van der Waals surface area contributed by atoms with Gasteiger partial charge in [0.25, 0.3) is 5.91 Å². The molecule has 1 atom stereocenters. The molecule has 0 aliphatic heterocycles. The molecule has 2 heterocycles. The molecule has 100 valence electrons. The van der Waals surface area contributed by atoms with Crippen LogP contribution in [-0.2, 0) is 0 Å². The maximum atomic E-state index is 11.9. The number of H-pyrrole nitrogens is 1. The maximum Gasteiger partial charge on any atom is 0.256 e. The summed E-state index contributed by atoms with van der Waals surface area (Å²) in [5.74, 6) is -0.224. The minimum atomic E-state index is -0.357. The Kier molecular flexibility index (Phi) is 4.11. The second-order valence-corrected chi connectivity index (χ2v) is 5.30. The second-order valence-electron chi connectivity index (χ2n) is 4.38. The van der Waals surface area contributed by atoms with Crippen molar-refractivity contribution in [3.8, 4) is 0 Å². The van der Waals surface area contributed by atoms with Gasteiger partial charge in [0, 0.05) is 42.0 Å². The summed E-state index contributed by atoms with van der Waals surface area (Å²) < 4.78 is 0. The van der Waals surface area contributed by atoms with Crippen molar-refractivity contribution in [2.75, 3.05) is 6.54 Å². The van der Waals surface area contributed by atoms with Crippen LogP contribution in [0.15, 0.2) is 28.6 Å². The molecule has 0 saturated carbocycles. The van der Waals surface area contributed by atoms with Crippen LogP contribution in [-0.4, -0.2) is 22.4 Å². The molecule has 1 amide bonds. The van der Waals surface area contributed by atoms with E-state index in [1.807, 2.05) is 12.3 Å². The van der Waals surface area contributed by atoms with Gasteiger partial charge in [0.15, 0.2) is 5.43 Å². The summed E-state index contributed by atoms with van der Waals surface area (Å²) in [6, 6.07) is 1.42. The molecule has 0 aliphatic carbocycles. The number of aryl methyl sites for hydroxylation is 1. The number of carbonyl (C=O) groups excluding carboxylic acids is 1. The minimum Gasteiger partial charge on any atom is -0.364 e.